The van der Waals surface area contributed by atoms with Crippen LogP contribution >= 0.6 is 35.0 Å². The van der Waals surface area contributed by atoms with Crippen LogP contribution in [0.2, 0.25) is 10.0 Å². The lowest BCUT2D eigenvalue weighted by Crippen LogP contribution is -2.05. The van der Waals surface area contributed by atoms with Crippen molar-refractivity contribution >= 4 is 40.7 Å². The van der Waals surface area contributed by atoms with Gasteiger partial charge in [0.05, 0.1) is 5.75 Å². The average Bonchev–Trinajstić information content (AvgIpc) is 2.36. The van der Waals surface area contributed by atoms with E-state index in [2.05, 4.69) is 0 Å². The Morgan fingerprint density at radius 1 is 1.00 bits per heavy atom. The third-order valence-electron chi connectivity index (χ3n) is 2.49. The summed E-state index contributed by atoms with van der Waals surface area (Å²) in [4.78, 5) is 12.9. The van der Waals surface area contributed by atoms with Gasteiger partial charge < -0.3 is 0 Å². The van der Waals surface area contributed by atoms with E-state index in [-0.39, 0.29) is 5.78 Å². The maximum atomic E-state index is 11.9. The van der Waals surface area contributed by atoms with Crippen molar-refractivity contribution in [1.82, 2.24) is 0 Å². The molecule has 0 unspecified atom stereocenters. The van der Waals surface area contributed by atoms with E-state index in [1.165, 1.54) is 11.8 Å². The lowest BCUT2D eigenvalue weighted by molar-refractivity contribution is -0.116. The first kappa shape index (κ1) is 14.4. The molecule has 0 heterocycles. The zero-order chi connectivity index (χ0) is 13.7. The van der Waals surface area contributed by atoms with Gasteiger partial charge in [-0.2, -0.15) is 0 Å². The summed E-state index contributed by atoms with van der Waals surface area (Å²) in [6.45, 7) is 0. The normalized spacial score (nSPS) is 10.4. The Kier molecular flexibility index (Phi) is 5.32. The number of hydrogen-bond donors (Lipinski definition) is 0. The lowest BCUT2D eigenvalue weighted by atomic mass is 10.1. The number of thioether (sulfide) groups is 1. The van der Waals surface area contributed by atoms with Crippen LogP contribution in [0.3, 0.4) is 0 Å². The summed E-state index contributed by atoms with van der Waals surface area (Å²) in [6, 6.07) is 14.9. The Morgan fingerprint density at radius 2 is 1.68 bits per heavy atom. The summed E-state index contributed by atoms with van der Waals surface area (Å²) in [5, 5.41) is 1.35. The summed E-state index contributed by atoms with van der Waals surface area (Å²) in [7, 11) is 0. The molecule has 2 rings (SSSR count). The van der Waals surface area contributed by atoms with E-state index in [9.17, 15) is 4.79 Å². The van der Waals surface area contributed by atoms with Crippen molar-refractivity contribution < 1.29 is 4.79 Å². The molecule has 4 heteroatoms. The fourth-order valence-corrected chi connectivity index (χ4v) is 2.93. The molecule has 0 N–H and O–H groups in total. The van der Waals surface area contributed by atoms with E-state index in [4.69, 9.17) is 23.2 Å². The monoisotopic (exact) mass is 310 g/mol. The minimum absolute atomic E-state index is 0.173. The van der Waals surface area contributed by atoms with Crippen LogP contribution < -0.4 is 0 Å². The van der Waals surface area contributed by atoms with E-state index < -0.39 is 0 Å². The van der Waals surface area contributed by atoms with E-state index >= 15 is 0 Å². The molecule has 0 bridgehead atoms. The van der Waals surface area contributed by atoms with Gasteiger partial charge in [-0.3, -0.25) is 4.79 Å². The Hall–Kier alpha value is -0.960. The van der Waals surface area contributed by atoms with Crippen molar-refractivity contribution in [3.63, 3.8) is 0 Å². The molecule has 2 aromatic carbocycles. The van der Waals surface area contributed by atoms with Crippen molar-refractivity contribution in [1.29, 1.82) is 0 Å². The van der Waals surface area contributed by atoms with Crippen molar-refractivity contribution in [2.24, 2.45) is 0 Å². The third kappa shape index (κ3) is 4.90. The first-order valence-corrected chi connectivity index (χ1v) is 7.52. The minimum atomic E-state index is 0.173. The van der Waals surface area contributed by atoms with Gasteiger partial charge in [0.2, 0.25) is 0 Å². The van der Waals surface area contributed by atoms with Crippen LogP contribution in [0.25, 0.3) is 0 Å². The first-order chi connectivity index (χ1) is 9.13. The van der Waals surface area contributed by atoms with Crippen LogP contribution in [0.4, 0.5) is 0 Å². The Bertz CT molecular complexity index is 584. The van der Waals surface area contributed by atoms with Crippen LogP contribution in [0.15, 0.2) is 53.4 Å². The number of benzene rings is 2. The molecule has 0 spiro atoms. The Morgan fingerprint density at radius 3 is 2.37 bits per heavy atom. The maximum Gasteiger partial charge on any atom is 0.147 e. The molecule has 98 valence electrons. The number of carbonyl (C=O) groups excluding carboxylic acids is 1. The molecule has 0 aliphatic heterocycles. The highest BCUT2D eigenvalue weighted by atomic mass is 35.5. The van der Waals surface area contributed by atoms with Gasteiger partial charge >= 0.3 is 0 Å². The maximum absolute atomic E-state index is 11.9. The van der Waals surface area contributed by atoms with Crippen molar-refractivity contribution in [2.75, 3.05) is 5.75 Å². The average molecular weight is 311 g/mol. The summed E-state index contributed by atoms with van der Waals surface area (Å²) >= 11 is 13.3. The van der Waals surface area contributed by atoms with Crippen LogP contribution in [-0.2, 0) is 11.2 Å². The van der Waals surface area contributed by atoms with Gasteiger partial charge in [-0.1, -0.05) is 41.4 Å². The SMILES string of the molecule is O=C(CSc1cccc(Cl)c1)Cc1cccc(Cl)c1. The number of hydrogen-bond acceptors (Lipinski definition) is 2. The zero-order valence-corrected chi connectivity index (χ0v) is 12.4. The van der Waals surface area contributed by atoms with Crippen LogP contribution in [-0.4, -0.2) is 11.5 Å². The van der Waals surface area contributed by atoms with Gasteiger partial charge in [-0.15, -0.1) is 11.8 Å². The molecule has 19 heavy (non-hydrogen) atoms. The second-order valence-electron chi connectivity index (χ2n) is 4.09. The van der Waals surface area contributed by atoms with Gasteiger partial charge in [0.15, 0.2) is 0 Å². The highest BCUT2D eigenvalue weighted by Gasteiger charge is 2.05. The molecule has 0 fully saturated rings. The van der Waals surface area contributed by atoms with Gasteiger partial charge in [-0.25, -0.2) is 0 Å². The molecule has 0 aromatic heterocycles. The number of ketones is 1. The highest BCUT2D eigenvalue weighted by molar-refractivity contribution is 8.00. The van der Waals surface area contributed by atoms with E-state index in [0.717, 1.165) is 10.5 Å². The molecule has 0 atom stereocenters. The van der Waals surface area contributed by atoms with E-state index in [0.29, 0.717) is 22.2 Å². The fourth-order valence-electron chi connectivity index (χ4n) is 1.65. The molecular weight excluding hydrogens is 299 g/mol. The van der Waals surface area contributed by atoms with Gasteiger partial charge in [0.1, 0.15) is 5.78 Å². The quantitative estimate of drug-likeness (QED) is 0.731. The lowest BCUT2D eigenvalue weighted by Gasteiger charge is -2.03. The first-order valence-electron chi connectivity index (χ1n) is 5.78. The van der Waals surface area contributed by atoms with Crippen LogP contribution in [0.1, 0.15) is 5.56 Å². The molecule has 0 aliphatic carbocycles. The molecule has 0 saturated heterocycles. The summed E-state index contributed by atoms with van der Waals surface area (Å²) in [5.74, 6) is 0.611. The summed E-state index contributed by atoms with van der Waals surface area (Å²) in [5.41, 5.74) is 0.948. The number of halogens is 2. The number of rotatable bonds is 5. The fraction of sp³-hybridized carbons (Fsp3) is 0.133. The van der Waals surface area contributed by atoms with Gasteiger partial charge in [0, 0.05) is 21.4 Å². The second-order valence-corrected chi connectivity index (χ2v) is 6.01. The number of Topliss-reactive ketones (excluding diaryl/α,β-unsaturated/α-hetero) is 1. The summed E-state index contributed by atoms with van der Waals surface area (Å²) < 4.78 is 0. The van der Waals surface area contributed by atoms with Crippen LogP contribution in [0, 0.1) is 0 Å². The van der Waals surface area contributed by atoms with Gasteiger partial charge in [-0.05, 0) is 35.9 Å². The standard InChI is InChI=1S/C15H12Cl2OS/c16-12-4-1-3-11(7-12)8-14(18)10-19-15-6-2-5-13(17)9-15/h1-7,9H,8,10H2. The molecule has 0 saturated carbocycles. The van der Waals surface area contributed by atoms with Crippen molar-refractivity contribution in [3.8, 4) is 0 Å². The molecular formula is C15H12Cl2OS. The van der Waals surface area contributed by atoms with E-state index in [1.807, 2.05) is 42.5 Å². The Balaban J connectivity index is 1.88. The van der Waals surface area contributed by atoms with E-state index in [1.54, 1.807) is 6.07 Å². The number of carbonyl (C=O) groups is 1. The molecule has 0 aliphatic rings. The predicted molar refractivity (Wildman–Crippen MR) is 82.3 cm³/mol. The largest absolute Gasteiger partial charge is 0.298 e. The van der Waals surface area contributed by atoms with Crippen molar-refractivity contribution in [2.45, 2.75) is 11.3 Å². The molecule has 0 amide bonds. The summed E-state index contributed by atoms with van der Waals surface area (Å²) in [6.07, 6.45) is 0.411. The third-order valence-corrected chi connectivity index (χ3v) is 4.01. The molecule has 2 aromatic rings. The highest BCUT2D eigenvalue weighted by Crippen LogP contribution is 2.22. The minimum Gasteiger partial charge on any atom is -0.298 e. The van der Waals surface area contributed by atoms with Crippen LogP contribution in [0.5, 0.6) is 0 Å². The topological polar surface area (TPSA) is 17.1 Å². The predicted octanol–water partition coefficient (Wildman–Crippen LogP) is 4.90. The molecule has 0 radical (unpaired) electrons. The zero-order valence-electron chi connectivity index (χ0n) is 10.1. The smallest absolute Gasteiger partial charge is 0.147 e. The second kappa shape index (κ2) is 6.99. The van der Waals surface area contributed by atoms with Gasteiger partial charge in [0.25, 0.3) is 0 Å². The van der Waals surface area contributed by atoms with Crippen molar-refractivity contribution in [3.05, 3.63) is 64.1 Å². The Labute approximate surface area is 126 Å². The molecule has 1 nitrogen and oxygen atoms in total.